The summed E-state index contributed by atoms with van der Waals surface area (Å²) < 4.78 is 12.7. The van der Waals surface area contributed by atoms with Crippen molar-refractivity contribution >= 4 is 17.5 Å². The first-order valence-corrected chi connectivity index (χ1v) is 11.3. The molecule has 34 heavy (non-hydrogen) atoms. The highest BCUT2D eigenvalue weighted by Gasteiger charge is 2.34. The molecular weight excluding hydrogens is 432 g/mol. The number of amides is 2. The van der Waals surface area contributed by atoms with E-state index in [1.807, 2.05) is 55.6 Å². The van der Waals surface area contributed by atoms with Crippen molar-refractivity contribution in [2.24, 2.45) is 5.92 Å². The van der Waals surface area contributed by atoms with Gasteiger partial charge < -0.3 is 24.3 Å². The average molecular weight is 463 g/mol. The number of benzene rings is 2. The van der Waals surface area contributed by atoms with E-state index in [0.717, 1.165) is 29.2 Å². The number of carbonyl (C=O) groups is 2. The summed E-state index contributed by atoms with van der Waals surface area (Å²) >= 11 is 0. The third-order valence-corrected chi connectivity index (χ3v) is 6.20. The van der Waals surface area contributed by atoms with Gasteiger partial charge in [0, 0.05) is 44.1 Å². The van der Waals surface area contributed by atoms with Gasteiger partial charge in [-0.25, -0.2) is 4.98 Å². The number of rotatable bonds is 9. The number of aryl methyl sites for hydroxylation is 1. The van der Waals surface area contributed by atoms with Crippen molar-refractivity contribution in [1.29, 1.82) is 0 Å². The smallest absolute Gasteiger partial charge is 0.229 e. The number of anilines is 1. The maximum atomic E-state index is 12.8. The number of hydrogen-bond acceptors (Lipinski definition) is 5. The molecule has 2 aromatic carbocycles. The van der Waals surface area contributed by atoms with Gasteiger partial charge in [-0.3, -0.25) is 9.59 Å². The van der Waals surface area contributed by atoms with Gasteiger partial charge in [0.25, 0.3) is 0 Å². The molecule has 0 bridgehead atoms. The van der Waals surface area contributed by atoms with Crippen LogP contribution in [0.3, 0.4) is 0 Å². The van der Waals surface area contributed by atoms with Gasteiger partial charge in [-0.1, -0.05) is 18.2 Å². The summed E-state index contributed by atoms with van der Waals surface area (Å²) in [7, 11) is 3.20. The van der Waals surface area contributed by atoms with Gasteiger partial charge in [-0.05, 0) is 48.7 Å². The molecule has 1 N–H and O–H groups in total. The lowest BCUT2D eigenvalue weighted by Gasteiger charge is -2.17. The summed E-state index contributed by atoms with van der Waals surface area (Å²) in [5, 5.41) is 2.96. The van der Waals surface area contributed by atoms with Crippen LogP contribution in [0.15, 0.2) is 54.9 Å². The molecule has 0 aliphatic carbocycles. The Kier molecular flexibility index (Phi) is 7.15. The van der Waals surface area contributed by atoms with Crippen LogP contribution in [0.1, 0.15) is 23.4 Å². The molecule has 1 aliphatic rings. The molecule has 0 radical (unpaired) electrons. The molecule has 1 unspecified atom stereocenters. The minimum Gasteiger partial charge on any atom is -0.493 e. The Morgan fingerprint density at radius 3 is 2.50 bits per heavy atom. The maximum Gasteiger partial charge on any atom is 0.229 e. The molecule has 0 saturated carbocycles. The zero-order valence-electron chi connectivity index (χ0n) is 19.8. The monoisotopic (exact) mass is 462 g/mol. The van der Waals surface area contributed by atoms with Crippen LogP contribution in [0.2, 0.25) is 0 Å². The second-order valence-electron chi connectivity index (χ2n) is 8.47. The molecule has 4 rings (SSSR count). The first-order chi connectivity index (χ1) is 16.5. The Morgan fingerprint density at radius 1 is 1.09 bits per heavy atom. The molecule has 1 fully saturated rings. The fourth-order valence-corrected chi connectivity index (χ4v) is 4.17. The lowest BCUT2D eigenvalue weighted by Crippen LogP contribution is -2.30. The number of methoxy groups -OCH3 is 2. The number of carbonyl (C=O) groups excluding carboxylic acids is 2. The molecule has 1 saturated heterocycles. The highest BCUT2D eigenvalue weighted by molar-refractivity contribution is 5.97. The second-order valence-corrected chi connectivity index (χ2v) is 8.47. The van der Waals surface area contributed by atoms with Crippen molar-refractivity contribution in [2.75, 3.05) is 32.6 Å². The Balaban J connectivity index is 1.29. The summed E-state index contributed by atoms with van der Waals surface area (Å²) in [6.45, 7) is 3.68. The zero-order chi connectivity index (χ0) is 24.1. The van der Waals surface area contributed by atoms with Gasteiger partial charge in [0.1, 0.15) is 5.82 Å². The third-order valence-electron chi connectivity index (χ3n) is 6.20. The van der Waals surface area contributed by atoms with Gasteiger partial charge in [0.05, 0.1) is 20.1 Å². The lowest BCUT2D eigenvalue weighted by atomic mass is 10.1. The number of nitrogens with one attached hydrogen (secondary N) is 1. The number of aromatic nitrogens is 2. The maximum absolute atomic E-state index is 12.8. The van der Waals surface area contributed by atoms with Gasteiger partial charge in [-0.2, -0.15) is 0 Å². The minimum atomic E-state index is -0.355. The van der Waals surface area contributed by atoms with Gasteiger partial charge in [-0.15, -0.1) is 0 Å². The molecule has 2 amide bonds. The van der Waals surface area contributed by atoms with E-state index < -0.39 is 0 Å². The molecule has 178 valence electrons. The van der Waals surface area contributed by atoms with Crippen molar-refractivity contribution in [3.8, 4) is 11.5 Å². The van der Waals surface area contributed by atoms with Crippen LogP contribution in [0.4, 0.5) is 5.69 Å². The molecule has 3 aromatic rings. The van der Waals surface area contributed by atoms with Crippen LogP contribution in [0, 0.1) is 12.8 Å². The van der Waals surface area contributed by atoms with Crippen LogP contribution in [0.5, 0.6) is 11.5 Å². The Hall–Kier alpha value is -3.81. The van der Waals surface area contributed by atoms with E-state index >= 15 is 0 Å². The predicted molar refractivity (Wildman–Crippen MR) is 129 cm³/mol. The number of likely N-dealkylation sites (tertiary alicyclic amines) is 1. The van der Waals surface area contributed by atoms with Crippen LogP contribution >= 0.6 is 0 Å². The van der Waals surface area contributed by atoms with E-state index in [9.17, 15) is 9.59 Å². The van der Waals surface area contributed by atoms with E-state index in [2.05, 4.69) is 14.9 Å². The Labute approximate surface area is 199 Å². The van der Waals surface area contributed by atoms with Crippen molar-refractivity contribution in [3.05, 3.63) is 71.8 Å². The molecule has 1 atom stereocenters. The van der Waals surface area contributed by atoms with E-state index in [1.165, 1.54) is 0 Å². The molecule has 0 spiro atoms. The fraction of sp³-hybridized carbons (Fsp3) is 0.346. The summed E-state index contributed by atoms with van der Waals surface area (Å²) in [6.07, 6.45) is 4.64. The second kappa shape index (κ2) is 10.4. The largest absolute Gasteiger partial charge is 0.493 e. The molecule has 2 heterocycles. The van der Waals surface area contributed by atoms with Crippen LogP contribution in [-0.4, -0.2) is 53.6 Å². The van der Waals surface area contributed by atoms with Crippen molar-refractivity contribution in [1.82, 2.24) is 14.5 Å². The fourth-order valence-electron chi connectivity index (χ4n) is 4.17. The molecule has 8 heteroatoms. The number of imidazole rings is 1. The Bertz CT molecular complexity index is 1160. The lowest BCUT2D eigenvalue weighted by molar-refractivity contribution is -0.128. The third kappa shape index (κ3) is 5.39. The number of ether oxygens (including phenoxy) is 2. The minimum absolute atomic E-state index is 0.00618. The van der Waals surface area contributed by atoms with Crippen molar-refractivity contribution < 1.29 is 19.1 Å². The molecule has 1 aromatic heterocycles. The Morgan fingerprint density at radius 2 is 1.82 bits per heavy atom. The van der Waals surface area contributed by atoms with Crippen LogP contribution in [0.25, 0.3) is 0 Å². The summed E-state index contributed by atoms with van der Waals surface area (Å²) in [5.74, 6) is 1.82. The summed E-state index contributed by atoms with van der Waals surface area (Å²) in [5.41, 5.74) is 2.90. The predicted octanol–water partition coefficient (Wildman–Crippen LogP) is 3.29. The molecular formula is C26H30N4O4. The van der Waals surface area contributed by atoms with Gasteiger partial charge in [0.2, 0.25) is 11.8 Å². The average Bonchev–Trinajstić information content (AvgIpc) is 3.43. The SMILES string of the molecule is COc1ccc(CCN2CC(C(=O)Nc3ccc(Cn4ccnc4C)cc3)CC2=O)cc1OC. The summed E-state index contributed by atoms with van der Waals surface area (Å²) in [4.78, 5) is 31.3. The zero-order valence-corrected chi connectivity index (χ0v) is 19.8. The van der Waals surface area contributed by atoms with E-state index in [-0.39, 0.29) is 24.2 Å². The number of hydrogen-bond donors (Lipinski definition) is 1. The van der Waals surface area contributed by atoms with Gasteiger partial charge in [0.15, 0.2) is 11.5 Å². The van der Waals surface area contributed by atoms with Crippen molar-refractivity contribution in [2.45, 2.75) is 26.3 Å². The summed E-state index contributed by atoms with van der Waals surface area (Å²) in [6, 6.07) is 13.5. The quantitative estimate of drug-likeness (QED) is 0.528. The first-order valence-electron chi connectivity index (χ1n) is 11.3. The van der Waals surface area contributed by atoms with Gasteiger partial charge >= 0.3 is 0 Å². The van der Waals surface area contributed by atoms with Crippen LogP contribution < -0.4 is 14.8 Å². The number of nitrogens with zero attached hydrogens (tertiary/aromatic N) is 3. The normalized spacial score (nSPS) is 15.4. The van der Waals surface area contributed by atoms with E-state index in [0.29, 0.717) is 31.0 Å². The van der Waals surface area contributed by atoms with E-state index in [4.69, 9.17) is 9.47 Å². The first kappa shape index (κ1) is 23.4. The molecule has 8 nitrogen and oxygen atoms in total. The standard InChI is InChI=1S/C26H30N4O4/c1-18-27-11-13-29(18)16-20-4-7-22(8-5-20)28-26(32)21-15-25(31)30(17-21)12-10-19-6-9-23(33-2)24(14-19)34-3/h4-9,11,13-14,21H,10,12,15-17H2,1-3H3,(H,28,32). The van der Waals surface area contributed by atoms with Crippen molar-refractivity contribution in [3.63, 3.8) is 0 Å². The molecule has 1 aliphatic heterocycles. The topological polar surface area (TPSA) is 85.7 Å². The van der Waals surface area contributed by atoms with Crippen LogP contribution in [-0.2, 0) is 22.6 Å². The van der Waals surface area contributed by atoms with E-state index in [1.54, 1.807) is 25.3 Å². The highest BCUT2D eigenvalue weighted by atomic mass is 16.5. The highest BCUT2D eigenvalue weighted by Crippen LogP contribution is 2.28.